The smallest absolute Gasteiger partial charge is 0.275 e. The van der Waals surface area contributed by atoms with Gasteiger partial charge in [0.15, 0.2) is 11.4 Å². The summed E-state index contributed by atoms with van der Waals surface area (Å²) >= 11 is 6.97. The van der Waals surface area contributed by atoms with Gasteiger partial charge in [-0.15, -0.1) is 0 Å². The van der Waals surface area contributed by atoms with Crippen molar-refractivity contribution in [3.05, 3.63) is 10.0 Å². The normalized spacial score (nSPS) is 17.7. The summed E-state index contributed by atoms with van der Waals surface area (Å²) in [6, 6.07) is 0. The Kier molecular flexibility index (Phi) is 3.59. The number of hydrogen-bond acceptors (Lipinski definition) is 4. The molecule has 1 aliphatic rings. The number of thiazole rings is 1. The fourth-order valence-corrected chi connectivity index (χ4v) is 2.72. The molecule has 1 fully saturated rings. The second-order valence-corrected chi connectivity index (χ2v) is 4.98. The van der Waals surface area contributed by atoms with Crippen LogP contribution in [0.4, 0.5) is 0 Å². The first-order valence-electron chi connectivity index (χ1n) is 5.08. The number of hydrogen-bond donors (Lipinski definition) is 0. The Morgan fingerprint density at radius 1 is 1.40 bits per heavy atom. The molecule has 3 nitrogen and oxygen atoms in total. The van der Waals surface area contributed by atoms with Gasteiger partial charge in [-0.3, -0.25) is 4.79 Å². The fourth-order valence-electron chi connectivity index (χ4n) is 1.74. The van der Waals surface area contributed by atoms with E-state index in [-0.39, 0.29) is 11.3 Å². The van der Waals surface area contributed by atoms with Gasteiger partial charge in [0.05, 0.1) is 0 Å². The Balaban J connectivity index is 2.00. The second-order valence-electron chi connectivity index (χ2n) is 3.63. The lowest BCUT2D eigenvalue weighted by Crippen LogP contribution is -2.19. The summed E-state index contributed by atoms with van der Waals surface area (Å²) in [6.45, 7) is 0. The van der Waals surface area contributed by atoms with E-state index < -0.39 is 0 Å². The van der Waals surface area contributed by atoms with E-state index in [1.54, 1.807) is 0 Å². The molecule has 5 heteroatoms. The highest BCUT2D eigenvalue weighted by Gasteiger charge is 2.17. The molecule has 1 aromatic rings. The minimum Gasteiger partial charge on any atom is -0.467 e. The molecule has 0 unspecified atom stereocenters. The van der Waals surface area contributed by atoms with Gasteiger partial charge in [-0.05, 0) is 25.7 Å². The molecular formula is C10H12ClNO2S. The zero-order valence-corrected chi connectivity index (χ0v) is 9.81. The van der Waals surface area contributed by atoms with Crippen molar-refractivity contribution >= 4 is 29.2 Å². The third-order valence-corrected chi connectivity index (χ3v) is 3.79. The van der Waals surface area contributed by atoms with Crippen LogP contribution in [0.1, 0.15) is 41.8 Å². The molecule has 0 amide bonds. The average Bonchev–Trinajstić information content (AvgIpc) is 2.60. The summed E-state index contributed by atoms with van der Waals surface area (Å²) in [7, 11) is 0. The van der Waals surface area contributed by atoms with E-state index in [0.29, 0.717) is 16.4 Å². The van der Waals surface area contributed by atoms with E-state index in [4.69, 9.17) is 16.3 Å². The Labute approximate surface area is 97.4 Å². The van der Waals surface area contributed by atoms with Crippen LogP contribution < -0.4 is 4.74 Å². The zero-order valence-electron chi connectivity index (χ0n) is 8.24. The molecule has 15 heavy (non-hydrogen) atoms. The number of ether oxygens (including phenoxy) is 1. The minimum absolute atomic E-state index is 0.250. The third kappa shape index (κ3) is 2.69. The van der Waals surface area contributed by atoms with Crippen molar-refractivity contribution in [2.24, 2.45) is 0 Å². The van der Waals surface area contributed by atoms with Crippen molar-refractivity contribution < 1.29 is 9.53 Å². The monoisotopic (exact) mass is 245 g/mol. The predicted molar refractivity (Wildman–Crippen MR) is 60.0 cm³/mol. The Morgan fingerprint density at radius 2 is 2.13 bits per heavy atom. The summed E-state index contributed by atoms with van der Waals surface area (Å²) < 4.78 is 5.68. The van der Waals surface area contributed by atoms with Crippen molar-refractivity contribution in [3.8, 4) is 5.19 Å². The lowest BCUT2D eigenvalue weighted by atomic mass is 9.98. The number of nitrogens with zero attached hydrogens (tertiary/aromatic N) is 1. The zero-order chi connectivity index (χ0) is 10.7. The van der Waals surface area contributed by atoms with Crippen molar-refractivity contribution in [1.29, 1.82) is 0 Å². The van der Waals surface area contributed by atoms with E-state index in [1.165, 1.54) is 30.6 Å². The standard InChI is InChI=1S/C10H12ClNO2S/c11-9-8(6-13)15-10(12-9)14-7-4-2-1-3-5-7/h6-7H,1-5H2. The maximum absolute atomic E-state index is 10.6. The molecule has 1 heterocycles. The van der Waals surface area contributed by atoms with Gasteiger partial charge < -0.3 is 4.74 Å². The predicted octanol–water partition coefficient (Wildman–Crippen LogP) is 3.32. The van der Waals surface area contributed by atoms with Crippen molar-refractivity contribution in [2.75, 3.05) is 0 Å². The molecule has 0 bridgehead atoms. The van der Waals surface area contributed by atoms with Crippen LogP contribution in [-0.2, 0) is 0 Å². The quantitative estimate of drug-likeness (QED) is 0.767. The van der Waals surface area contributed by atoms with Crippen LogP contribution in [0.3, 0.4) is 0 Å². The summed E-state index contributed by atoms with van der Waals surface area (Å²) in [5, 5.41) is 0.773. The average molecular weight is 246 g/mol. The molecule has 1 aromatic heterocycles. The van der Waals surface area contributed by atoms with Crippen molar-refractivity contribution in [1.82, 2.24) is 4.98 Å². The lowest BCUT2D eigenvalue weighted by molar-refractivity contribution is 0.112. The molecule has 82 valence electrons. The van der Waals surface area contributed by atoms with E-state index in [9.17, 15) is 4.79 Å². The van der Waals surface area contributed by atoms with Crippen LogP contribution in [0.25, 0.3) is 0 Å². The first kappa shape index (κ1) is 10.9. The van der Waals surface area contributed by atoms with E-state index >= 15 is 0 Å². The minimum atomic E-state index is 0.250. The van der Waals surface area contributed by atoms with Crippen LogP contribution in [0.2, 0.25) is 5.15 Å². The number of aromatic nitrogens is 1. The number of rotatable bonds is 3. The van der Waals surface area contributed by atoms with Gasteiger partial charge >= 0.3 is 0 Å². The Hall–Kier alpha value is -0.610. The highest BCUT2D eigenvalue weighted by molar-refractivity contribution is 7.15. The maximum Gasteiger partial charge on any atom is 0.275 e. The topological polar surface area (TPSA) is 39.2 Å². The van der Waals surface area contributed by atoms with Gasteiger partial charge in [0.25, 0.3) is 5.19 Å². The highest BCUT2D eigenvalue weighted by atomic mass is 35.5. The lowest BCUT2D eigenvalue weighted by Gasteiger charge is -2.21. The van der Waals surface area contributed by atoms with E-state index in [2.05, 4.69) is 4.98 Å². The molecule has 0 radical (unpaired) electrons. The number of carbonyl (C=O) groups is 1. The Bertz CT molecular complexity index is 347. The van der Waals surface area contributed by atoms with Crippen LogP contribution >= 0.6 is 22.9 Å². The first-order chi connectivity index (χ1) is 7.29. The molecule has 0 saturated heterocycles. The number of aldehydes is 1. The van der Waals surface area contributed by atoms with Crippen LogP contribution in [0.5, 0.6) is 5.19 Å². The maximum atomic E-state index is 10.6. The van der Waals surface area contributed by atoms with E-state index in [0.717, 1.165) is 12.8 Å². The van der Waals surface area contributed by atoms with Crippen molar-refractivity contribution in [2.45, 2.75) is 38.2 Å². The summed E-state index contributed by atoms with van der Waals surface area (Å²) in [5.41, 5.74) is 0. The molecule has 0 N–H and O–H groups in total. The highest BCUT2D eigenvalue weighted by Crippen LogP contribution is 2.30. The van der Waals surface area contributed by atoms with E-state index in [1.807, 2.05) is 0 Å². The van der Waals surface area contributed by atoms with Crippen LogP contribution in [0.15, 0.2) is 0 Å². The molecule has 1 aliphatic carbocycles. The summed E-state index contributed by atoms with van der Waals surface area (Å²) in [4.78, 5) is 15.0. The molecule has 2 rings (SSSR count). The third-order valence-electron chi connectivity index (χ3n) is 2.52. The summed E-state index contributed by atoms with van der Waals surface area (Å²) in [6.07, 6.45) is 6.84. The second kappa shape index (κ2) is 4.94. The molecule has 0 aliphatic heterocycles. The molecule has 0 spiro atoms. The van der Waals surface area contributed by atoms with Gasteiger partial charge in [0.1, 0.15) is 11.0 Å². The largest absolute Gasteiger partial charge is 0.467 e. The van der Waals surface area contributed by atoms with Gasteiger partial charge in [-0.25, -0.2) is 0 Å². The van der Waals surface area contributed by atoms with Gasteiger partial charge in [0.2, 0.25) is 0 Å². The first-order valence-corrected chi connectivity index (χ1v) is 6.27. The Morgan fingerprint density at radius 3 is 2.73 bits per heavy atom. The molecule has 0 atom stereocenters. The number of carbonyl (C=O) groups excluding carboxylic acids is 1. The van der Waals surface area contributed by atoms with Crippen molar-refractivity contribution in [3.63, 3.8) is 0 Å². The van der Waals surface area contributed by atoms with Gasteiger partial charge in [-0.2, -0.15) is 4.98 Å². The van der Waals surface area contributed by atoms with Crippen LogP contribution in [-0.4, -0.2) is 17.4 Å². The number of halogens is 1. The van der Waals surface area contributed by atoms with Gasteiger partial charge in [0, 0.05) is 0 Å². The van der Waals surface area contributed by atoms with Crippen LogP contribution in [0, 0.1) is 0 Å². The molecule has 1 saturated carbocycles. The fraction of sp³-hybridized carbons (Fsp3) is 0.600. The summed E-state index contributed by atoms with van der Waals surface area (Å²) in [5.74, 6) is 0. The molecular weight excluding hydrogens is 234 g/mol. The van der Waals surface area contributed by atoms with Gasteiger partial charge in [-0.1, -0.05) is 29.4 Å². The SMILES string of the molecule is O=Cc1sc(OC2CCCCC2)nc1Cl. The molecule has 0 aromatic carbocycles.